The number of carbonyl (C=O) groups is 4. The number of allylic oxidation sites excluding steroid dienone is 2. The van der Waals surface area contributed by atoms with Gasteiger partial charge in [-0.2, -0.15) is 0 Å². The van der Waals surface area contributed by atoms with E-state index in [0.717, 1.165) is 0 Å². The van der Waals surface area contributed by atoms with Crippen molar-refractivity contribution in [2.45, 2.75) is 6.04 Å². The zero-order chi connectivity index (χ0) is 33.2. The first kappa shape index (κ1) is 30.6. The second kappa shape index (κ2) is 12.5. The fraction of sp³-hybridized carbons (Fsp3) is 0.0857. The van der Waals surface area contributed by atoms with Crippen molar-refractivity contribution in [3.8, 4) is 0 Å². The van der Waals surface area contributed by atoms with E-state index in [1.54, 1.807) is 84.9 Å². The van der Waals surface area contributed by atoms with Crippen molar-refractivity contribution in [3.63, 3.8) is 0 Å². The van der Waals surface area contributed by atoms with Gasteiger partial charge in [-0.25, -0.2) is 0 Å². The SMILES string of the molecule is Nc1ccccc1C(=O)Nc1cc(NC(=O)c2ccccc2N)c(NC(=O)c2ccccc2N)cc1NC(=O)C1=CC=CC2C(N)C12. The third-order valence-corrected chi connectivity index (χ3v) is 8.13. The highest BCUT2D eigenvalue weighted by Gasteiger charge is 2.50. The van der Waals surface area contributed by atoms with Gasteiger partial charge in [0, 0.05) is 40.5 Å². The van der Waals surface area contributed by atoms with Gasteiger partial charge in [0.2, 0.25) is 0 Å². The van der Waals surface area contributed by atoms with E-state index in [1.807, 2.05) is 6.08 Å². The van der Waals surface area contributed by atoms with Crippen molar-refractivity contribution in [1.29, 1.82) is 0 Å². The number of hydrogen-bond donors (Lipinski definition) is 8. The largest absolute Gasteiger partial charge is 0.398 e. The highest BCUT2D eigenvalue weighted by atomic mass is 16.2. The van der Waals surface area contributed by atoms with Crippen LogP contribution in [0, 0.1) is 11.8 Å². The lowest BCUT2D eigenvalue weighted by molar-refractivity contribution is -0.113. The fourth-order valence-electron chi connectivity index (χ4n) is 5.54. The average molecular weight is 629 g/mol. The van der Waals surface area contributed by atoms with Gasteiger partial charge in [-0.1, -0.05) is 54.6 Å². The van der Waals surface area contributed by atoms with Gasteiger partial charge < -0.3 is 44.2 Å². The van der Waals surface area contributed by atoms with Crippen LogP contribution in [-0.2, 0) is 4.79 Å². The number of nitrogen functional groups attached to an aromatic ring is 3. The molecule has 4 amide bonds. The van der Waals surface area contributed by atoms with E-state index < -0.39 is 23.6 Å². The summed E-state index contributed by atoms with van der Waals surface area (Å²) in [6, 6.07) is 22.1. The van der Waals surface area contributed by atoms with Crippen LogP contribution >= 0.6 is 0 Å². The molecule has 12 nitrogen and oxygen atoms in total. The number of benzene rings is 4. The van der Waals surface area contributed by atoms with Crippen LogP contribution in [0.4, 0.5) is 39.8 Å². The van der Waals surface area contributed by atoms with Gasteiger partial charge in [-0.3, -0.25) is 19.2 Å². The zero-order valence-electron chi connectivity index (χ0n) is 25.0. The van der Waals surface area contributed by atoms with Crippen LogP contribution in [0.3, 0.4) is 0 Å². The summed E-state index contributed by atoms with van der Waals surface area (Å²) in [7, 11) is 0. The highest BCUT2D eigenvalue weighted by Crippen LogP contribution is 2.47. The first-order chi connectivity index (χ1) is 22.6. The number of fused-ring (bicyclic) bond motifs is 1. The van der Waals surface area contributed by atoms with Gasteiger partial charge in [0.25, 0.3) is 23.6 Å². The van der Waals surface area contributed by atoms with Crippen LogP contribution in [0.5, 0.6) is 0 Å². The van der Waals surface area contributed by atoms with Crippen molar-refractivity contribution < 1.29 is 19.2 Å². The molecule has 6 rings (SSSR count). The van der Waals surface area contributed by atoms with Crippen LogP contribution in [0.2, 0.25) is 0 Å². The Bertz CT molecular complexity index is 2000. The minimum atomic E-state index is -0.577. The minimum absolute atomic E-state index is 0.0650. The van der Waals surface area contributed by atoms with E-state index in [0.29, 0.717) is 5.57 Å². The summed E-state index contributed by atoms with van der Waals surface area (Å²) in [5.74, 6) is -2.23. The molecule has 0 spiro atoms. The smallest absolute Gasteiger partial charge is 0.257 e. The molecule has 0 aliphatic heterocycles. The van der Waals surface area contributed by atoms with Crippen LogP contribution in [0.1, 0.15) is 31.1 Å². The molecule has 4 aromatic carbocycles. The Hall–Kier alpha value is -6.40. The van der Waals surface area contributed by atoms with Gasteiger partial charge >= 0.3 is 0 Å². The van der Waals surface area contributed by atoms with Crippen molar-refractivity contribution in [2.24, 2.45) is 17.6 Å². The van der Waals surface area contributed by atoms with Crippen molar-refractivity contribution in [3.05, 3.63) is 125 Å². The van der Waals surface area contributed by atoms with Crippen LogP contribution in [0.25, 0.3) is 0 Å². The number of anilines is 7. The van der Waals surface area contributed by atoms with Crippen molar-refractivity contribution >= 4 is 63.4 Å². The molecule has 47 heavy (non-hydrogen) atoms. The van der Waals surface area contributed by atoms with Crippen molar-refractivity contribution in [1.82, 2.24) is 0 Å². The number of nitrogens with one attached hydrogen (secondary N) is 4. The monoisotopic (exact) mass is 628 g/mol. The Morgan fingerprint density at radius 3 is 1.28 bits per heavy atom. The first-order valence-corrected chi connectivity index (χ1v) is 14.7. The van der Waals surface area contributed by atoms with Gasteiger partial charge in [-0.05, 0) is 48.5 Å². The summed E-state index contributed by atoms with van der Waals surface area (Å²) >= 11 is 0. The van der Waals surface area contributed by atoms with Gasteiger partial charge in [0.05, 0.1) is 39.4 Å². The Labute approximate surface area is 269 Å². The molecule has 4 aromatic rings. The maximum Gasteiger partial charge on any atom is 0.257 e. The number of rotatable bonds is 8. The van der Waals surface area contributed by atoms with E-state index in [2.05, 4.69) is 21.3 Å². The number of amides is 4. The number of nitrogens with two attached hydrogens (primary N) is 4. The molecule has 3 atom stereocenters. The number of para-hydroxylation sites is 3. The topological polar surface area (TPSA) is 220 Å². The summed E-state index contributed by atoms with van der Waals surface area (Å²) in [6.45, 7) is 0. The van der Waals surface area contributed by atoms with Crippen LogP contribution in [-0.4, -0.2) is 29.7 Å². The quantitative estimate of drug-likeness (QED) is 0.132. The lowest BCUT2D eigenvalue weighted by atomic mass is 10.0. The van der Waals surface area contributed by atoms with E-state index in [9.17, 15) is 19.2 Å². The lowest BCUT2D eigenvalue weighted by Crippen LogP contribution is -2.22. The van der Waals surface area contributed by atoms with Crippen LogP contribution < -0.4 is 44.2 Å². The molecule has 236 valence electrons. The summed E-state index contributed by atoms with van der Waals surface area (Å²) in [4.78, 5) is 53.9. The summed E-state index contributed by atoms with van der Waals surface area (Å²) in [5, 5.41) is 11.2. The lowest BCUT2D eigenvalue weighted by Gasteiger charge is -2.20. The fourth-order valence-corrected chi connectivity index (χ4v) is 5.54. The molecule has 3 unspecified atom stereocenters. The molecule has 1 fully saturated rings. The standard InChI is InChI=1S/C35H32N8O4/c36-23-13-4-1-8-18(23)32(44)40-26-16-28(42-34(46)20-10-3-6-15-25(20)38)29(43-35(47)22-12-7-11-21-30(22)31(21)39)17-27(26)41-33(45)19-9-2-5-14-24(19)37/h1-17,21,30-31H,36-39H2,(H,40,44)(H,41,45)(H,42,46)(H,43,47). The minimum Gasteiger partial charge on any atom is -0.398 e. The second-order valence-electron chi connectivity index (χ2n) is 11.2. The molecule has 0 heterocycles. The van der Waals surface area contributed by atoms with E-state index in [4.69, 9.17) is 22.9 Å². The molecule has 1 saturated carbocycles. The third-order valence-electron chi connectivity index (χ3n) is 8.13. The van der Waals surface area contributed by atoms with Crippen LogP contribution in [0.15, 0.2) is 109 Å². The van der Waals surface area contributed by atoms with Gasteiger partial charge in [0.15, 0.2) is 0 Å². The van der Waals surface area contributed by atoms with Gasteiger partial charge in [0.1, 0.15) is 0 Å². The second-order valence-corrected chi connectivity index (χ2v) is 11.2. The maximum absolute atomic E-state index is 13.6. The van der Waals surface area contributed by atoms with Gasteiger partial charge in [-0.15, -0.1) is 0 Å². The molecule has 0 saturated heterocycles. The molecule has 0 bridgehead atoms. The molecule has 0 aromatic heterocycles. The molecule has 12 heteroatoms. The highest BCUT2D eigenvalue weighted by molar-refractivity contribution is 6.17. The molecule has 2 aliphatic carbocycles. The molecule has 0 radical (unpaired) electrons. The zero-order valence-corrected chi connectivity index (χ0v) is 25.0. The van der Waals surface area contributed by atoms with E-state index in [1.165, 1.54) is 12.1 Å². The molecular formula is C35H32N8O4. The summed E-state index contributed by atoms with van der Waals surface area (Å²) < 4.78 is 0. The molecular weight excluding hydrogens is 596 g/mol. The third kappa shape index (κ3) is 6.26. The molecule has 12 N–H and O–H groups in total. The predicted octanol–water partition coefficient (Wildman–Crippen LogP) is 4.20. The Morgan fingerprint density at radius 2 is 0.894 bits per heavy atom. The predicted molar refractivity (Wildman–Crippen MR) is 184 cm³/mol. The Kier molecular flexibility index (Phi) is 8.17. The van der Waals surface area contributed by atoms with Crippen molar-refractivity contribution in [2.75, 3.05) is 38.5 Å². The average Bonchev–Trinajstić information content (AvgIpc) is 3.72. The maximum atomic E-state index is 13.6. The van der Waals surface area contributed by atoms with E-state index in [-0.39, 0.29) is 74.4 Å². The first-order valence-electron chi connectivity index (χ1n) is 14.7. The summed E-state index contributed by atoms with van der Waals surface area (Å²) in [5.41, 5.74) is 26.6. The number of hydrogen-bond acceptors (Lipinski definition) is 8. The normalized spacial score (nSPS) is 17.5. The Balaban J connectivity index is 1.43. The molecule has 2 aliphatic rings. The van der Waals surface area contributed by atoms with E-state index >= 15 is 0 Å². The number of carbonyl (C=O) groups excluding carboxylic acids is 4. The Morgan fingerprint density at radius 1 is 0.532 bits per heavy atom. The summed E-state index contributed by atoms with van der Waals surface area (Å²) in [6.07, 6.45) is 5.45.